The van der Waals surface area contributed by atoms with Crippen molar-refractivity contribution in [3.63, 3.8) is 0 Å². The summed E-state index contributed by atoms with van der Waals surface area (Å²) in [4.78, 5) is 4.65. The van der Waals surface area contributed by atoms with Crippen LogP contribution in [0.5, 0.6) is 0 Å². The van der Waals surface area contributed by atoms with Gasteiger partial charge in [0.2, 0.25) is 0 Å². The quantitative estimate of drug-likeness (QED) is 0.493. The second kappa shape index (κ2) is 3.43. The molecule has 1 aliphatic carbocycles. The molecule has 2 N–H and O–H groups in total. The van der Waals surface area contributed by atoms with Gasteiger partial charge in [-0.2, -0.15) is 10.5 Å². The smallest absolute Gasteiger partial charge is 0.177 e. The Bertz CT molecular complexity index is 202. The van der Waals surface area contributed by atoms with Crippen LogP contribution in [0.15, 0.2) is 0 Å². The summed E-state index contributed by atoms with van der Waals surface area (Å²) in [5.41, 5.74) is 0.269. The predicted molar refractivity (Wildman–Crippen MR) is 49.6 cm³/mol. The Labute approximate surface area is 83.7 Å². The van der Waals surface area contributed by atoms with Crippen molar-refractivity contribution in [1.82, 2.24) is 0 Å². The van der Waals surface area contributed by atoms with E-state index in [2.05, 4.69) is 18.8 Å². The third-order valence-electron chi connectivity index (χ3n) is 3.56. The summed E-state index contributed by atoms with van der Waals surface area (Å²) in [6, 6.07) is -0.298. The molecule has 1 saturated carbocycles. The molecule has 2 rings (SSSR count). The van der Waals surface area contributed by atoms with E-state index in [1.54, 1.807) is 0 Å². The van der Waals surface area contributed by atoms with E-state index in [9.17, 15) is 10.4 Å². The van der Waals surface area contributed by atoms with E-state index in [1.165, 1.54) is 0 Å². The number of hydroxylamine groups is 4. The van der Waals surface area contributed by atoms with Crippen LogP contribution >= 0.6 is 0 Å². The number of quaternary nitrogens is 2. The van der Waals surface area contributed by atoms with Crippen LogP contribution in [0.25, 0.3) is 0 Å². The highest BCUT2D eigenvalue weighted by Crippen LogP contribution is 2.33. The Morgan fingerprint density at radius 1 is 1.07 bits per heavy atom. The van der Waals surface area contributed by atoms with Crippen LogP contribution in [0.4, 0.5) is 0 Å². The van der Waals surface area contributed by atoms with Gasteiger partial charge >= 0.3 is 0 Å². The van der Waals surface area contributed by atoms with Gasteiger partial charge in [0.15, 0.2) is 12.1 Å². The molecule has 0 aromatic rings. The minimum Gasteiger partial charge on any atom is -0.595 e. The summed E-state index contributed by atoms with van der Waals surface area (Å²) in [6.07, 6.45) is 3.64. The van der Waals surface area contributed by atoms with E-state index in [1.807, 2.05) is 0 Å². The Hall–Kier alpha value is -0.200. The third kappa shape index (κ3) is 1.78. The third-order valence-corrected chi connectivity index (χ3v) is 3.56. The molecule has 4 unspecified atom stereocenters. The summed E-state index contributed by atoms with van der Waals surface area (Å²) < 4.78 is 0. The molecule has 5 nitrogen and oxygen atoms in total. The van der Waals surface area contributed by atoms with Crippen LogP contribution in [0.1, 0.15) is 39.5 Å². The molecule has 0 aromatic heterocycles. The Morgan fingerprint density at radius 3 is 1.93 bits per heavy atom. The normalized spacial score (nSPS) is 47.1. The van der Waals surface area contributed by atoms with Crippen molar-refractivity contribution in [2.45, 2.75) is 51.6 Å². The summed E-state index contributed by atoms with van der Waals surface area (Å²) in [5, 5.41) is 22.1. The van der Waals surface area contributed by atoms with E-state index in [0.29, 0.717) is 0 Å². The van der Waals surface area contributed by atoms with Gasteiger partial charge in [-0.05, 0) is 23.2 Å². The average Bonchev–Trinajstić information content (AvgIpc) is 2.26. The lowest BCUT2D eigenvalue weighted by Gasteiger charge is -2.23. The van der Waals surface area contributed by atoms with Gasteiger partial charge in [-0.25, -0.2) is 0 Å². The zero-order chi connectivity index (χ0) is 10.3. The summed E-state index contributed by atoms with van der Waals surface area (Å²) in [5.74, 6) is 0. The van der Waals surface area contributed by atoms with Gasteiger partial charge in [-0.1, -0.05) is 13.8 Å². The molecule has 0 aromatic carbocycles. The first-order valence-electron chi connectivity index (χ1n) is 5.25. The van der Waals surface area contributed by atoms with Crippen molar-refractivity contribution in [1.29, 1.82) is 0 Å². The van der Waals surface area contributed by atoms with Crippen LogP contribution < -0.4 is 10.5 Å². The number of rotatable bonds is 0. The monoisotopic (exact) mass is 202 g/mol. The Kier molecular flexibility index (Phi) is 2.53. The van der Waals surface area contributed by atoms with Gasteiger partial charge in [0.05, 0.1) is 0 Å². The first-order valence-corrected chi connectivity index (χ1v) is 5.25. The van der Waals surface area contributed by atoms with E-state index in [4.69, 9.17) is 0 Å². The second-order valence-corrected chi connectivity index (χ2v) is 5.19. The largest absolute Gasteiger partial charge is 0.595 e. The highest BCUT2D eigenvalue weighted by Gasteiger charge is 2.46. The lowest BCUT2D eigenvalue weighted by Crippen LogP contribution is -3.18. The minimum atomic E-state index is -0.294. The first-order chi connectivity index (χ1) is 6.49. The maximum absolute atomic E-state index is 11.3. The molecular formula is C9H18N2O3. The highest BCUT2D eigenvalue weighted by molar-refractivity contribution is 4.81. The van der Waals surface area contributed by atoms with E-state index in [0.717, 1.165) is 25.7 Å². The van der Waals surface area contributed by atoms with Crippen LogP contribution in [-0.4, -0.2) is 12.1 Å². The molecule has 1 heterocycles. The number of fused-ring (bicyclic) bond motifs is 1. The van der Waals surface area contributed by atoms with Gasteiger partial charge in [0.1, 0.15) is 0 Å². The predicted octanol–water partition coefficient (Wildman–Crippen LogP) is -1.05. The molecule has 14 heavy (non-hydrogen) atoms. The summed E-state index contributed by atoms with van der Waals surface area (Å²) in [7, 11) is 0. The van der Waals surface area contributed by atoms with Crippen molar-refractivity contribution in [3.8, 4) is 0 Å². The van der Waals surface area contributed by atoms with E-state index in [-0.39, 0.29) is 28.0 Å². The topological polar surface area (TPSA) is 64.2 Å². The maximum Gasteiger partial charge on any atom is 0.177 e. The lowest BCUT2D eigenvalue weighted by molar-refractivity contribution is -1.27. The highest BCUT2D eigenvalue weighted by atomic mass is 17.1. The van der Waals surface area contributed by atoms with Gasteiger partial charge in [-0.3, -0.25) is 0 Å². The molecule has 4 atom stereocenters. The Morgan fingerprint density at radius 2 is 1.50 bits per heavy atom. The maximum atomic E-state index is 11.3. The fraction of sp³-hybridized carbons (Fsp3) is 1.00. The molecule has 1 aliphatic heterocycles. The first kappa shape index (κ1) is 10.3. The van der Waals surface area contributed by atoms with Crippen LogP contribution in [-0.2, 0) is 4.94 Å². The van der Waals surface area contributed by atoms with Crippen molar-refractivity contribution < 1.29 is 15.4 Å². The van der Waals surface area contributed by atoms with Crippen molar-refractivity contribution in [2.24, 2.45) is 5.41 Å². The van der Waals surface area contributed by atoms with Gasteiger partial charge in [0.25, 0.3) is 0 Å². The molecule has 5 heteroatoms. The van der Waals surface area contributed by atoms with Gasteiger partial charge < -0.3 is 10.4 Å². The summed E-state index contributed by atoms with van der Waals surface area (Å²) in [6.45, 7) is 4.40. The Balaban J connectivity index is 2.09. The average molecular weight is 202 g/mol. The molecular weight excluding hydrogens is 184 g/mol. The molecule has 0 bridgehead atoms. The van der Waals surface area contributed by atoms with Crippen LogP contribution in [0.2, 0.25) is 0 Å². The molecule has 0 radical (unpaired) electrons. The standard InChI is InChI=1S/C9H18N2O3/c1-9(2)5-3-7-8(4-6-9)11(13)14-10(7)12/h7-8,10-11H,3-6H2,1-2H3. The van der Waals surface area contributed by atoms with Crippen molar-refractivity contribution in [3.05, 3.63) is 10.4 Å². The molecule has 1 saturated heterocycles. The molecule has 2 fully saturated rings. The number of nitrogens with one attached hydrogen (secondary N) is 2. The van der Waals surface area contributed by atoms with E-state index >= 15 is 0 Å². The molecule has 82 valence electrons. The molecule has 0 spiro atoms. The van der Waals surface area contributed by atoms with Gasteiger partial charge in [-0.15, -0.1) is 0 Å². The summed E-state index contributed by atoms with van der Waals surface area (Å²) >= 11 is 0. The van der Waals surface area contributed by atoms with Gasteiger partial charge in [0, 0.05) is 12.8 Å². The fourth-order valence-corrected chi connectivity index (χ4v) is 2.43. The van der Waals surface area contributed by atoms with E-state index < -0.39 is 0 Å². The SMILES string of the molecule is CC1(C)CCC2C(CC1)[NH+]([O-])O[NH+]2[O-]. The van der Waals surface area contributed by atoms with Crippen molar-refractivity contribution in [2.75, 3.05) is 0 Å². The van der Waals surface area contributed by atoms with Crippen molar-refractivity contribution >= 4 is 0 Å². The number of hydrogen-bond acceptors (Lipinski definition) is 3. The fourth-order valence-electron chi connectivity index (χ4n) is 2.43. The zero-order valence-corrected chi connectivity index (χ0v) is 8.71. The van der Waals surface area contributed by atoms with Crippen LogP contribution in [0, 0.1) is 15.8 Å². The van der Waals surface area contributed by atoms with Crippen LogP contribution in [0.3, 0.4) is 0 Å². The second-order valence-electron chi connectivity index (χ2n) is 5.19. The minimum absolute atomic E-state index is 0.149. The lowest BCUT2D eigenvalue weighted by atomic mass is 9.85. The number of hydrogen-bond donors (Lipinski definition) is 2. The molecule has 0 amide bonds. The molecule has 2 aliphatic rings. The zero-order valence-electron chi connectivity index (χ0n) is 8.71.